The number of hydrogen-bond acceptors (Lipinski definition) is 8. The van der Waals surface area contributed by atoms with E-state index < -0.39 is 6.04 Å². The molecular weight excluding hydrogens is 438 g/mol. The molecule has 0 bridgehead atoms. The van der Waals surface area contributed by atoms with Crippen LogP contribution in [0.2, 0.25) is 0 Å². The van der Waals surface area contributed by atoms with E-state index in [0.717, 1.165) is 29.6 Å². The van der Waals surface area contributed by atoms with E-state index in [9.17, 15) is 9.59 Å². The Bertz CT molecular complexity index is 1110. The van der Waals surface area contributed by atoms with E-state index in [2.05, 4.69) is 10.2 Å². The summed E-state index contributed by atoms with van der Waals surface area (Å²) in [6.07, 6.45) is 0. The Labute approximate surface area is 197 Å². The van der Waals surface area contributed by atoms with E-state index >= 15 is 0 Å². The minimum Gasteiger partial charge on any atom is -0.467 e. The van der Waals surface area contributed by atoms with E-state index in [1.165, 1.54) is 18.4 Å². The van der Waals surface area contributed by atoms with Gasteiger partial charge in [0.1, 0.15) is 17.7 Å². The van der Waals surface area contributed by atoms with Crippen LogP contribution in [0.25, 0.3) is 10.9 Å². The first kappa shape index (κ1) is 23.1. The molecule has 0 unspecified atom stereocenters. The van der Waals surface area contributed by atoms with E-state index in [4.69, 9.17) is 14.7 Å². The van der Waals surface area contributed by atoms with Crippen molar-refractivity contribution in [2.75, 3.05) is 38.6 Å². The molecule has 0 spiro atoms. The molecule has 1 fully saturated rings. The van der Waals surface area contributed by atoms with E-state index in [-0.39, 0.29) is 17.8 Å². The fourth-order valence-electron chi connectivity index (χ4n) is 3.96. The lowest BCUT2D eigenvalue weighted by molar-refractivity contribution is -0.142. The number of benzene rings is 1. The average Bonchev–Trinajstić information content (AvgIpc) is 3.37. The van der Waals surface area contributed by atoms with Crippen molar-refractivity contribution in [3.05, 3.63) is 52.5 Å². The highest BCUT2D eigenvalue weighted by Crippen LogP contribution is 2.23. The molecule has 1 aromatic carbocycles. The summed E-state index contributed by atoms with van der Waals surface area (Å²) in [6, 6.07) is 9.14. The third kappa shape index (κ3) is 5.31. The third-order valence-corrected chi connectivity index (χ3v) is 6.54. The number of carbonyl (C=O) groups is 2. The number of nitrogens with zero attached hydrogens (tertiary/aromatic N) is 4. The second-order valence-corrected chi connectivity index (χ2v) is 9.26. The zero-order valence-electron chi connectivity index (χ0n) is 19.2. The number of para-hydroxylation sites is 1. The molecule has 1 atom stereocenters. The maximum absolute atomic E-state index is 12.6. The molecule has 1 aliphatic rings. The van der Waals surface area contributed by atoms with Gasteiger partial charge in [0, 0.05) is 36.9 Å². The molecule has 2 aromatic heterocycles. The van der Waals surface area contributed by atoms with Gasteiger partial charge in [0.15, 0.2) is 0 Å². The first-order chi connectivity index (χ1) is 16.0. The van der Waals surface area contributed by atoms with Crippen LogP contribution < -0.4 is 5.32 Å². The van der Waals surface area contributed by atoms with Crippen LogP contribution in [0, 0.1) is 5.92 Å². The summed E-state index contributed by atoms with van der Waals surface area (Å²) in [4.78, 5) is 38.6. The minimum absolute atomic E-state index is 0.0310. The first-order valence-corrected chi connectivity index (χ1v) is 12.0. The number of fused-ring (bicyclic) bond motifs is 1. The Kier molecular flexibility index (Phi) is 7.20. The van der Waals surface area contributed by atoms with Gasteiger partial charge in [0.2, 0.25) is 0 Å². The molecule has 1 N–H and O–H groups in total. The molecular formula is C24H29N5O3S. The van der Waals surface area contributed by atoms with Gasteiger partial charge in [-0.05, 0) is 29.5 Å². The Hall–Kier alpha value is -3.04. The molecule has 4 rings (SSSR count). The molecule has 3 heterocycles. The maximum atomic E-state index is 12.6. The van der Waals surface area contributed by atoms with E-state index in [0.29, 0.717) is 31.3 Å². The number of esters is 1. The minimum atomic E-state index is -0.507. The van der Waals surface area contributed by atoms with Gasteiger partial charge in [0.25, 0.3) is 5.91 Å². The van der Waals surface area contributed by atoms with Gasteiger partial charge in [0.05, 0.1) is 24.7 Å². The number of carbonyl (C=O) groups excluding carboxylic acids is 2. The Balaban J connectivity index is 1.49. The smallest absolute Gasteiger partial charge is 0.328 e. The molecule has 1 amide bonds. The SMILES string of the molecule is COC(=O)[C@@H](Nc1nc(CN2CCN(C(=O)c3ccsc3)CC2)nc2ccccc12)C(C)C. The summed E-state index contributed by atoms with van der Waals surface area (Å²) in [5.74, 6) is 1.11. The molecule has 33 heavy (non-hydrogen) atoms. The maximum Gasteiger partial charge on any atom is 0.328 e. The van der Waals surface area contributed by atoms with Crippen LogP contribution in [0.4, 0.5) is 5.82 Å². The van der Waals surface area contributed by atoms with Crippen molar-refractivity contribution in [1.29, 1.82) is 0 Å². The van der Waals surface area contributed by atoms with E-state index in [1.807, 2.05) is 59.8 Å². The monoisotopic (exact) mass is 467 g/mol. The normalized spacial score (nSPS) is 15.6. The number of rotatable bonds is 7. The fraction of sp³-hybridized carbons (Fsp3) is 0.417. The number of hydrogen-bond donors (Lipinski definition) is 1. The molecule has 9 heteroatoms. The summed E-state index contributed by atoms with van der Waals surface area (Å²) in [5, 5.41) is 7.97. The van der Waals surface area contributed by atoms with Crippen molar-refractivity contribution in [1.82, 2.24) is 19.8 Å². The van der Waals surface area contributed by atoms with Gasteiger partial charge < -0.3 is 15.0 Å². The number of thiophene rings is 1. The zero-order chi connectivity index (χ0) is 23.4. The van der Waals surface area contributed by atoms with Crippen LogP contribution in [0.3, 0.4) is 0 Å². The number of anilines is 1. The van der Waals surface area contributed by atoms with Gasteiger partial charge >= 0.3 is 5.97 Å². The quantitative estimate of drug-likeness (QED) is 0.534. The Morgan fingerprint density at radius 1 is 1.12 bits per heavy atom. The van der Waals surface area contributed by atoms with Crippen LogP contribution in [-0.2, 0) is 16.1 Å². The number of amides is 1. The Morgan fingerprint density at radius 2 is 1.88 bits per heavy atom. The second kappa shape index (κ2) is 10.3. The van der Waals surface area contributed by atoms with Crippen LogP contribution in [-0.4, -0.2) is 71.0 Å². The molecule has 8 nitrogen and oxygen atoms in total. The number of methoxy groups -OCH3 is 1. The molecule has 3 aromatic rings. The average molecular weight is 468 g/mol. The predicted octanol–water partition coefficient (Wildman–Crippen LogP) is 3.26. The van der Waals surface area contributed by atoms with Crippen molar-refractivity contribution in [3.63, 3.8) is 0 Å². The predicted molar refractivity (Wildman–Crippen MR) is 129 cm³/mol. The number of piperazine rings is 1. The van der Waals surface area contributed by atoms with Crippen LogP contribution in [0.15, 0.2) is 41.1 Å². The van der Waals surface area contributed by atoms with Gasteiger partial charge in [-0.3, -0.25) is 9.69 Å². The van der Waals surface area contributed by atoms with Crippen molar-refractivity contribution in [2.24, 2.45) is 5.92 Å². The standard InChI is InChI=1S/C24H29N5O3S/c1-16(2)21(24(31)32-3)27-22-18-6-4-5-7-19(18)25-20(26-22)14-28-9-11-29(12-10-28)23(30)17-8-13-33-15-17/h4-8,13,15-16,21H,9-12,14H2,1-3H3,(H,25,26,27)/t21-/m0/s1. The molecule has 174 valence electrons. The lowest BCUT2D eigenvalue weighted by Gasteiger charge is -2.34. The second-order valence-electron chi connectivity index (χ2n) is 8.48. The zero-order valence-corrected chi connectivity index (χ0v) is 20.0. The lowest BCUT2D eigenvalue weighted by Crippen LogP contribution is -2.48. The molecule has 1 aliphatic heterocycles. The molecule has 1 saturated heterocycles. The van der Waals surface area contributed by atoms with Crippen molar-refractivity contribution >= 4 is 39.9 Å². The number of ether oxygens (including phenoxy) is 1. The highest BCUT2D eigenvalue weighted by Gasteiger charge is 2.26. The largest absolute Gasteiger partial charge is 0.467 e. The lowest BCUT2D eigenvalue weighted by atomic mass is 10.0. The highest BCUT2D eigenvalue weighted by atomic mass is 32.1. The molecule has 0 radical (unpaired) electrons. The van der Waals surface area contributed by atoms with Gasteiger partial charge in [-0.25, -0.2) is 14.8 Å². The number of aromatic nitrogens is 2. The number of nitrogens with one attached hydrogen (secondary N) is 1. The highest BCUT2D eigenvalue weighted by molar-refractivity contribution is 7.08. The van der Waals surface area contributed by atoms with Crippen molar-refractivity contribution < 1.29 is 14.3 Å². The van der Waals surface area contributed by atoms with E-state index in [1.54, 1.807) is 0 Å². The summed E-state index contributed by atoms with van der Waals surface area (Å²) in [6.45, 7) is 7.36. The fourth-order valence-corrected chi connectivity index (χ4v) is 4.59. The third-order valence-electron chi connectivity index (χ3n) is 5.86. The first-order valence-electron chi connectivity index (χ1n) is 11.1. The summed E-state index contributed by atoms with van der Waals surface area (Å²) in [5.41, 5.74) is 1.58. The summed E-state index contributed by atoms with van der Waals surface area (Å²) >= 11 is 1.54. The summed E-state index contributed by atoms with van der Waals surface area (Å²) < 4.78 is 4.98. The topological polar surface area (TPSA) is 87.7 Å². The summed E-state index contributed by atoms with van der Waals surface area (Å²) in [7, 11) is 1.39. The van der Waals surface area contributed by atoms with Crippen LogP contribution in [0.1, 0.15) is 30.0 Å². The van der Waals surface area contributed by atoms with Gasteiger partial charge in [-0.15, -0.1) is 0 Å². The van der Waals surface area contributed by atoms with Crippen LogP contribution >= 0.6 is 11.3 Å². The molecule has 0 aliphatic carbocycles. The van der Waals surface area contributed by atoms with Gasteiger partial charge in [-0.2, -0.15) is 11.3 Å². The van der Waals surface area contributed by atoms with Gasteiger partial charge in [-0.1, -0.05) is 26.0 Å². The molecule has 0 saturated carbocycles. The van der Waals surface area contributed by atoms with Crippen molar-refractivity contribution in [2.45, 2.75) is 26.4 Å². The van der Waals surface area contributed by atoms with Crippen LogP contribution in [0.5, 0.6) is 0 Å². The van der Waals surface area contributed by atoms with Crippen molar-refractivity contribution in [3.8, 4) is 0 Å². The Morgan fingerprint density at radius 3 is 2.55 bits per heavy atom.